The molecular formula is C20H26N4OS. The van der Waals surface area contributed by atoms with Crippen molar-refractivity contribution in [2.24, 2.45) is 0 Å². The van der Waals surface area contributed by atoms with E-state index in [1.165, 1.54) is 43.0 Å². The molecule has 2 aromatic rings. The molecule has 1 N–H and O–H groups in total. The summed E-state index contributed by atoms with van der Waals surface area (Å²) in [6.45, 7) is 4.18. The fourth-order valence-corrected chi connectivity index (χ4v) is 4.09. The molecule has 0 bridgehead atoms. The molecule has 0 saturated heterocycles. The lowest BCUT2D eigenvalue weighted by atomic mass is 10.0. The van der Waals surface area contributed by atoms with Gasteiger partial charge < -0.3 is 9.88 Å². The Kier molecular flexibility index (Phi) is 5.02. The highest BCUT2D eigenvalue weighted by Crippen LogP contribution is 2.45. The number of nitrogens with one attached hydrogen (secondary N) is 1. The Labute approximate surface area is 159 Å². The summed E-state index contributed by atoms with van der Waals surface area (Å²) in [5, 5.41) is 12.9. The summed E-state index contributed by atoms with van der Waals surface area (Å²) in [4.78, 5) is 12.5. The maximum absolute atomic E-state index is 12.5. The van der Waals surface area contributed by atoms with Crippen LogP contribution in [0, 0.1) is 6.92 Å². The van der Waals surface area contributed by atoms with Crippen molar-refractivity contribution in [2.75, 3.05) is 5.75 Å². The van der Waals surface area contributed by atoms with Crippen LogP contribution in [0.5, 0.6) is 0 Å². The molecule has 1 atom stereocenters. The van der Waals surface area contributed by atoms with Gasteiger partial charge >= 0.3 is 0 Å². The molecule has 2 fully saturated rings. The van der Waals surface area contributed by atoms with Gasteiger partial charge in [0.05, 0.1) is 11.8 Å². The Morgan fingerprint density at radius 1 is 1.23 bits per heavy atom. The SMILES string of the molecule is CC[C@@H](NC(=O)CSc1nnc(C2CC2)n1C1CC1)c1ccc(C)cc1. The second-order valence-corrected chi connectivity index (χ2v) is 8.39. The number of amides is 1. The van der Waals surface area contributed by atoms with E-state index in [2.05, 4.69) is 58.2 Å². The van der Waals surface area contributed by atoms with E-state index in [1.807, 2.05) is 0 Å². The summed E-state index contributed by atoms with van der Waals surface area (Å²) < 4.78 is 2.30. The third-order valence-corrected chi connectivity index (χ3v) is 6.04. The van der Waals surface area contributed by atoms with Crippen LogP contribution in [-0.2, 0) is 4.79 Å². The van der Waals surface area contributed by atoms with Crippen molar-refractivity contribution >= 4 is 17.7 Å². The number of thioether (sulfide) groups is 1. The summed E-state index contributed by atoms with van der Waals surface area (Å²) in [7, 11) is 0. The van der Waals surface area contributed by atoms with Gasteiger partial charge in [0.1, 0.15) is 5.82 Å². The quantitative estimate of drug-likeness (QED) is 0.709. The molecule has 2 saturated carbocycles. The van der Waals surface area contributed by atoms with Crippen LogP contribution in [0.3, 0.4) is 0 Å². The van der Waals surface area contributed by atoms with E-state index < -0.39 is 0 Å². The van der Waals surface area contributed by atoms with Gasteiger partial charge in [-0.15, -0.1) is 10.2 Å². The van der Waals surface area contributed by atoms with Crippen molar-refractivity contribution in [3.63, 3.8) is 0 Å². The first-order valence-electron chi connectivity index (χ1n) is 9.59. The van der Waals surface area contributed by atoms with E-state index in [-0.39, 0.29) is 11.9 Å². The molecule has 0 unspecified atom stereocenters. The van der Waals surface area contributed by atoms with Crippen molar-refractivity contribution in [1.82, 2.24) is 20.1 Å². The molecular weight excluding hydrogens is 344 g/mol. The first-order valence-corrected chi connectivity index (χ1v) is 10.6. The molecule has 4 rings (SSSR count). The molecule has 0 radical (unpaired) electrons. The fourth-order valence-electron chi connectivity index (χ4n) is 3.27. The maximum atomic E-state index is 12.5. The number of aryl methyl sites for hydroxylation is 1. The summed E-state index contributed by atoms with van der Waals surface area (Å²) in [6.07, 6.45) is 5.75. The zero-order chi connectivity index (χ0) is 18.1. The Morgan fingerprint density at radius 2 is 1.96 bits per heavy atom. The lowest BCUT2D eigenvalue weighted by Crippen LogP contribution is -2.29. The predicted molar refractivity (Wildman–Crippen MR) is 103 cm³/mol. The fraction of sp³-hybridized carbons (Fsp3) is 0.550. The largest absolute Gasteiger partial charge is 0.349 e. The van der Waals surface area contributed by atoms with E-state index in [0.29, 0.717) is 17.7 Å². The number of nitrogens with zero attached hydrogens (tertiary/aromatic N) is 3. The molecule has 138 valence electrons. The van der Waals surface area contributed by atoms with Crippen LogP contribution < -0.4 is 5.32 Å². The van der Waals surface area contributed by atoms with Gasteiger partial charge in [-0.1, -0.05) is 48.5 Å². The van der Waals surface area contributed by atoms with E-state index in [9.17, 15) is 4.79 Å². The average molecular weight is 371 g/mol. The van der Waals surface area contributed by atoms with E-state index in [1.54, 1.807) is 0 Å². The first kappa shape index (κ1) is 17.6. The van der Waals surface area contributed by atoms with E-state index >= 15 is 0 Å². The molecule has 2 aliphatic carbocycles. The van der Waals surface area contributed by atoms with Gasteiger partial charge in [-0.2, -0.15) is 0 Å². The highest BCUT2D eigenvalue weighted by molar-refractivity contribution is 7.99. The Balaban J connectivity index is 1.37. The molecule has 2 aliphatic rings. The van der Waals surface area contributed by atoms with Gasteiger partial charge in [0.2, 0.25) is 5.91 Å². The Bertz CT molecular complexity index is 778. The smallest absolute Gasteiger partial charge is 0.230 e. The predicted octanol–water partition coefficient (Wildman–Crippen LogP) is 4.16. The lowest BCUT2D eigenvalue weighted by Gasteiger charge is -2.17. The minimum atomic E-state index is 0.0562. The Hall–Kier alpha value is -1.82. The molecule has 1 aromatic heterocycles. The van der Waals surface area contributed by atoms with Crippen molar-refractivity contribution < 1.29 is 4.79 Å². The van der Waals surface area contributed by atoms with Crippen LogP contribution in [0.15, 0.2) is 29.4 Å². The molecule has 1 amide bonds. The summed E-state index contributed by atoms with van der Waals surface area (Å²) in [5.41, 5.74) is 2.39. The van der Waals surface area contributed by atoms with E-state index in [0.717, 1.165) is 23.0 Å². The van der Waals surface area contributed by atoms with E-state index in [4.69, 9.17) is 0 Å². The molecule has 5 nitrogen and oxygen atoms in total. The van der Waals surface area contributed by atoms with Gasteiger partial charge in [0.25, 0.3) is 0 Å². The molecule has 6 heteroatoms. The highest BCUT2D eigenvalue weighted by atomic mass is 32.2. The normalized spacial score (nSPS) is 17.9. The molecule has 1 aromatic carbocycles. The first-order chi connectivity index (χ1) is 12.7. The molecule has 26 heavy (non-hydrogen) atoms. The average Bonchev–Trinajstić information content (AvgIpc) is 3.57. The van der Waals surface area contributed by atoms with Crippen molar-refractivity contribution in [3.8, 4) is 0 Å². The second kappa shape index (κ2) is 7.43. The maximum Gasteiger partial charge on any atom is 0.230 e. The minimum absolute atomic E-state index is 0.0562. The minimum Gasteiger partial charge on any atom is -0.349 e. The second-order valence-electron chi connectivity index (χ2n) is 7.44. The number of benzene rings is 1. The van der Waals surface area contributed by atoms with Gasteiger partial charge in [-0.25, -0.2) is 0 Å². The van der Waals surface area contributed by atoms with Gasteiger partial charge in [0.15, 0.2) is 5.16 Å². The van der Waals surface area contributed by atoms with Gasteiger partial charge in [-0.3, -0.25) is 4.79 Å². The van der Waals surface area contributed by atoms with Crippen molar-refractivity contribution in [1.29, 1.82) is 0 Å². The van der Waals surface area contributed by atoms with Gasteiger partial charge in [0, 0.05) is 12.0 Å². The molecule has 0 spiro atoms. The number of aromatic nitrogens is 3. The number of rotatable bonds is 8. The number of hydrogen-bond donors (Lipinski definition) is 1. The third kappa shape index (κ3) is 3.95. The zero-order valence-corrected chi connectivity index (χ0v) is 16.3. The standard InChI is InChI=1S/C20H26N4OS/c1-3-17(14-6-4-13(2)5-7-14)21-18(25)12-26-20-23-22-19(15-8-9-15)24(20)16-10-11-16/h4-7,15-17H,3,8-12H2,1-2H3,(H,21,25)/t17-/m1/s1. The summed E-state index contributed by atoms with van der Waals surface area (Å²) in [6, 6.07) is 9.01. The van der Waals surface area contributed by atoms with Crippen LogP contribution in [0.2, 0.25) is 0 Å². The number of carbonyl (C=O) groups excluding carboxylic acids is 1. The van der Waals surface area contributed by atoms with Crippen LogP contribution in [0.25, 0.3) is 0 Å². The Morgan fingerprint density at radius 3 is 2.58 bits per heavy atom. The summed E-state index contributed by atoms with van der Waals surface area (Å²) in [5.74, 6) is 2.18. The lowest BCUT2D eigenvalue weighted by molar-refractivity contribution is -0.119. The van der Waals surface area contributed by atoms with Crippen LogP contribution in [0.1, 0.15) is 74.0 Å². The molecule has 1 heterocycles. The van der Waals surface area contributed by atoms with Crippen LogP contribution in [0.4, 0.5) is 0 Å². The van der Waals surface area contributed by atoms with Crippen molar-refractivity contribution in [3.05, 3.63) is 41.2 Å². The third-order valence-electron chi connectivity index (χ3n) is 5.10. The van der Waals surface area contributed by atoms with Crippen LogP contribution >= 0.6 is 11.8 Å². The topological polar surface area (TPSA) is 59.8 Å². The zero-order valence-electron chi connectivity index (χ0n) is 15.4. The monoisotopic (exact) mass is 370 g/mol. The van der Waals surface area contributed by atoms with Crippen molar-refractivity contribution in [2.45, 2.75) is 69.1 Å². The van der Waals surface area contributed by atoms with Crippen LogP contribution in [-0.4, -0.2) is 26.4 Å². The van der Waals surface area contributed by atoms with Gasteiger partial charge in [-0.05, 0) is 44.6 Å². The number of carbonyl (C=O) groups is 1. The summed E-state index contributed by atoms with van der Waals surface area (Å²) >= 11 is 1.52. The molecule has 0 aliphatic heterocycles. The highest BCUT2D eigenvalue weighted by Gasteiger charge is 2.36. The number of hydrogen-bond acceptors (Lipinski definition) is 4.